The van der Waals surface area contributed by atoms with Crippen LogP contribution >= 0.6 is 27.5 Å². The molecule has 0 aliphatic heterocycles. The molecule has 122 valence electrons. The highest BCUT2D eigenvalue weighted by Gasteiger charge is 2.11. The standard InChI is InChI=1S/C17H17BrClNO3/c1-22-17(21)15-11-12(18)3-8-16(15)20-9-2-10-23-14-6-4-13(19)5-7-14/h3-8,11,20H,2,9-10H2,1H3. The molecule has 0 aliphatic carbocycles. The lowest BCUT2D eigenvalue weighted by Gasteiger charge is -2.12. The van der Waals surface area contributed by atoms with Gasteiger partial charge in [0.2, 0.25) is 0 Å². The molecule has 4 nitrogen and oxygen atoms in total. The first kappa shape index (κ1) is 17.6. The van der Waals surface area contributed by atoms with Crippen LogP contribution in [0.3, 0.4) is 0 Å². The van der Waals surface area contributed by atoms with Gasteiger partial charge < -0.3 is 14.8 Å². The van der Waals surface area contributed by atoms with Crippen LogP contribution in [0.5, 0.6) is 5.75 Å². The van der Waals surface area contributed by atoms with Crippen molar-refractivity contribution >= 4 is 39.2 Å². The van der Waals surface area contributed by atoms with Crippen molar-refractivity contribution in [1.82, 2.24) is 0 Å². The van der Waals surface area contributed by atoms with Crippen LogP contribution in [0.1, 0.15) is 16.8 Å². The zero-order valence-electron chi connectivity index (χ0n) is 12.6. The van der Waals surface area contributed by atoms with Crippen molar-refractivity contribution in [1.29, 1.82) is 0 Å². The average molecular weight is 399 g/mol. The number of benzene rings is 2. The van der Waals surface area contributed by atoms with Gasteiger partial charge in [-0.25, -0.2) is 4.79 Å². The van der Waals surface area contributed by atoms with Crippen molar-refractivity contribution in [2.24, 2.45) is 0 Å². The number of carbonyl (C=O) groups is 1. The molecular weight excluding hydrogens is 382 g/mol. The lowest BCUT2D eigenvalue weighted by Crippen LogP contribution is -2.11. The summed E-state index contributed by atoms with van der Waals surface area (Å²) in [6.45, 7) is 1.25. The molecule has 2 aromatic carbocycles. The van der Waals surface area contributed by atoms with Crippen LogP contribution in [0, 0.1) is 0 Å². The molecule has 0 fully saturated rings. The monoisotopic (exact) mass is 397 g/mol. The number of hydrogen-bond donors (Lipinski definition) is 1. The summed E-state index contributed by atoms with van der Waals surface area (Å²) in [6, 6.07) is 12.7. The minimum absolute atomic E-state index is 0.369. The summed E-state index contributed by atoms with van der Waals surface area (Å²) in [7, 11) is 1.37. The van der Waals surface area contributed by atoms with E-state index in [9.17, 15) is 4.79 Å². The molecule has 1 N–H and O–H groups in total. The third-order valence-electron chi connectivity index (χ3n) is 3.11. The van der Waals surface area contributed by atoms with Gasteiger partial charge in [-0.3, -0.25) is 0 Å². The highest BCUT2D eigenvalue weighted by molar-refractivity contribution is 9.10. The van der Waals surface area contributed by atoms with Crippen molar-refractivity contribution in [3.63, 3.8) is 0 Å². The molecule has 0 spiro atoms. The first-order valence-corrected chi connectivity index (χ1v) is 8.27. The summed E-state index contributed by atoms with van der Waals surface area (Å²) in [5, 5.41) is 3.91. The minimum atomic E-state index is -0.369. The van der Waals surface area contributed by atoms with E-state index >= 15 is 0 Å². The highest BCUT2D eigenvalue weighted by Crippen LogP contribution is 2.22. The topological polar surface area (TPSA) is 47.6 Å². The van der Waals surface area contributed by atoms with E-state index in [4.69, 9.17) is 21.1 Å². The van der Waals surface area contributed by atoms with E-state index in [0.29, 0.717) is 23.7 Å². The summed E-state index contributed by atoms with van der Waals surface area (Å²) < 4.78 is 11.2. The molecule has 0 radical (unpaired) electrons. The maximum atomic E-state index is 11.8. The molecule has 0 unspecified atom stereocenters. The first-order chi connectivity index (χ1) is 11.1. The maximum Gasteiger partial charge on any atom is 0.340 e. The second kappa shape index (κ2) is 8.79. The van der Waals surface area contributed by atoms with Gasteiger partial charge in [-0.1, -0.05) is 27.5 Å². The van der Waals surface area contributed by atoms with Crippen LogP contribution in [0.4, 0.5) is 5.69 Å². The molecule has 0 saturated carbocycles. The van der Waals surface area contributed by atoms with E-state index in [-0.39, 0.29) is 5.97 Å². The Hall–Kier alpha value is -1.72. The van der Waals surface area contributed by atoms with E-state index in [1.54, 1.807) is 18.2 Å². The average Bonchev–Trinajstić information content (AvgIpc) is 2.56. The fourth-order valence-corrected chi connectivity index (χ4v) is 2.45. The van der Waals surface area contributed by atoms with Crippen LogP contribution in [0.25, 0.3) is 0 Å². The Bertz CT molecular complexity index is 661. The zero-order chi connectivity index (χ0) is 16.7. The van der Waals surface area contributed by atoms with E-state index < -0.39 is 0 Å². The fourth-order valence-electron chi connectivity index (χ4n) is 1.97. The van der Waals surface area contributed by atoms with Gasteiger partial charge in [0.25, 0.3) is 0 Å². The van der Waals surface area contributed by atoms with Crippen molar-refractivity contribution in [3.05, 3.63) is 57.5 Å². The summed E-state index contributed by atoms with van der Waals surface area (Å²) in [4.78, 5) is 11.8. The second-order valence-corrected chi connectivity index (χ2v) is 6.12. The number of carbonyl (C=O) groups excluding carboxylic acids is 1. The van der Waals surface area contributed by atoms with Crippen molar-refractivity contribution in [2.75, 3.05) is 25.6 Å². The number of ether oxygens (including phenoxy) is 2. The normalized spacial score (nSPS) is 10.2. The van der Waals surface area contributed by atoms with Crippen LogP contribution in [-0.4, -0.2) is 26.2 Å². The van der Waals surface area contributed by atoms with Crippen molar-refractivity contribution in [3.8, 4) is 5.75 Å². The zero-order valence-corrected chi connectivity index (χ0v) is 15.0. The first-order valence-electron chi connectivity index (χ1n) is 7.10. The van der Waals surface area contributed by atoms with E-state index in [1.807, 2.05) is 24.3 Å². The minimum Gasteiger partial charge on any atom is -0.494 e. The number of rotatable bonds is 7. The van der Waals surface area contributed by atoms with Gasteiger partial charge in [-0.05, 0) is 48.9 Å². The number of nitrogens with one attached hydrogen (secondary N) is 1. The van der Waals surface area contributed by atoms with Crippen molar-refractivity contribution in [2.45, 2.75) is 6.42 Å². The summed E-state index contributed by atoms with van der Waals surface area (Å²) in [6.07, 6.45) is 0.791. The highest BCUT2D eigenvalue weighted by atomic mass is 79.9. The SMILES string of the molecule is COC(=O)c1cc(Br)ccc1NCCCOc1ccc(Cl)cc1. The fraction of sp³-hybridized carbons (Fsp3) is 0.235. The van der Waals surface area contributed by atoms with Crippen LogP contribution < -0.4 is 10.1 Å². The van der Waals surface area contributed by atoms with Gasteiger partial charge in [-0.2, -0.15) is 0 Å². The Balaban J connectivity index is 1.82. The molecule has 2 rings (SSSR count). The number of esters is 1. The lowest BCUT2D eigenvalue weighted by molar-refractivity contribution is 0.0601. The Morgan fingerprint density at radius 1 is 1.22 bits per heavy atom. The van der Waals surface area contributed by atoms with Gasteiger partial charge in [0.05, 0.1) is 19.3 Å². The van der Waals surface area contributed by atoms with Gasteiger partial charge in [0, 0.05) is 21.7 Å². The molecular formula is C17H17BrClNO3. The summed E-state index contributed by atoms with van der Waals surface area (Å²) >= 11 is 9.17. The Labute approximate surface area is 148 Å². The molecule has 0 aromatic heterocycles. The molecule has 0 aliphatic rings. The van der Waals surface area contributed by atoms with Crippen molar-refractivity contribution < 1.29 is 14.3 Å². The molecule has 0 amide bonds. The third kappa shape index (κ3) is 5.44. The molecule has 6 heteroatoms. The lowest BCUT2D eigenvalue weighted by atomic mass is 10.2. The second-order valence-electron chi connectivity index (χ2n) is 4.76. The predicted octanol–water partition coefficient (Wildman–Crippen LogP) is 4.77. The van der Waals surface area contributed by atoms with Crippen LogP contribution in [0.2, 0.25) is 5.02 Å². The molecule has 0 heterocycles. The van der Waals surface area contributed by atoms with Crippen LogP contribution in [-0.2, 0) is 4.74 Å². The third-order valence-corrected chi connectivity index (χ3v) is 3.85. The van der Waals surface area contributed by atoms with E-state index in [1.165, 1.54) is 7.11 Å². The van der Waals surface area contributed by atoms with Gasteiger partial charge in [-0.15, -0.1) is 0 Å². The number of hydrogen-bond acceptors (Lipinski definition) is 4. The quantitative estimate of drug-likeness (QED) is 0.539. The van der Waals surface area contributed by atoms with Gasteiger partial charge >= 0.3 is 5.97 Å². The number of halogens is 2. The maximum absolute atomic E-state index is 11.8. The molecule has 2 aromatic rings. The molecule has 0 atom stereocenters. The Kier molecular flexibility index (Phi) is 6.74. The largest absolute Gasteiger partial charge is 0.494 e. The number of methoxy groups -OCH3 is 1. The molecule has 0 saturated heterocycles. The molecule has 0 bridgehead atoms. The summed E-state index contributed by atoms with van der Waals surface area (Å²) in [5.74, 6) is 0.416. The Morgan fingerprint density at radius 2 is 1.96 bits per heavy atom. The van der Waals surface area contributed by atoms with Crippen LogP contribution in [0.15, 0.2) is 46.9 Å². The summed E-state index contributed by atoms with van der Waals surface area (Å²) in [5.41, 5.74) is 1.24. The van der Waals surface area contributed by atoms with Gasteiger partial charge in [0.1, 0.15) is 5.75 Å². The smallest absolute Gasteiger partial charge is 0.340 e. The van der Waals surface area contributed by atoms with E-state index in [2.05, 4.69) is 21.2 Å². The predicted molar refractivity (Wildman–Crippen MR) is 95.5 cm³/mol. The Morgan fingerprint density at radius 3 is 2.65 bits per heavy atom. The number of anilines is 1. The van der Waals surface area contributed by atoms with E-state index in [0.717, 1.165) is 22.3 Å². The van der Waals surface area contributed by atoms with Gasteiger partial charge in [0.15, 0.2) is 0 Å². The molecule has 23 heavy (non-hydrogen) atoms.